The molecule has 0 spiro atoms. The normalized spacial score (nSPS) is 16.5. The topological polar surface area (TPSA) is 83.6 Å². The van der Waals surface area contributed by atoms with Crippen LogP contribution in [0.25, 0.3) is 11.1 Å². The van der Waals surface area contributed by atoms with Crippen molar-refractivity contribution in [3.05, 3.63) is 59.7 Å². The number of nitrogens with two attached hydrogens (primary N) is 1. The average molecular weight is 380 g/mol. The Morgan fingerprint density at radius 3 is 2.29 bits per heavy atom. The molecule has 5 heteroatoms. The predicted octanol–water partition coefficient (Wildman–Crippen LogP) is 4.90. The van der Waals surface area contributed by atoms with Crippen LogP contribution in [0.5, 0.6) is 0 Å². The van der Waals surface area contributed by atoms with E-state index in [1.807, 2.05) is 30.3 Å². The summed E-state index contributed by atoms with van der Waals surface area (Å²) in [6.07, 6.45) is 3.07. The summed E-state index contributed by atoms with van der Waals surface area (Å²) in [6, 6.07) is 15.1. The van der Waals surface area contributed by atoms with Gasteiger partial charge in [-0.05, 0) is 59.9 Å². The van der Waals surface area contributed by atoms with E-state index in [0.29, 0.717) is 17.5 Å². The molecule has 0 unspecified atom stereocenters. The van der Waals surface area contributed by atoms with Crippen LogP contribution in [0.15, 0.2) is 48.5 Å². The Balaban J connectivity index is 1.72. The van der Waals surface area contributed by atoms with Crippen molar-refractivity contribution >= 4 is 12.0 Å². The van der Waals surface area contributed by atoms with Gasteiger partial charge in [0.1, 0.15) is 0 Å². The maximum Gasteiger partial charge on any atom is 0.407 e. The summed E-state index contributed by atoms with van der Waals surface area (Å²) in [5.41, 5.74) is 8.97. The molecule has 2 aromatic carbocycles. The molecule has 5 nitrogen and oxygen atoms in total. The fourth-order valence-electron chi connectivity index (χ4n) is 3.90. The molecule has 0 atom stereocenters. The molecule has 3 N–H and O–H groups in total. The van der Waals surface area contributed by atoms with Crippen LogP contribution in [0.4, 0.5) is 4.79 Å². The number of hydrogen-bond donors (Lipinski definition) is 2. The molecule has 0 aromatic heterocycles. The Morgan fingerprint density at radius 1 is 1.07 bits per heavy atom. The Kier molecular flexibility index (Phi) is 5.73. The van der Waals surface area contributed by atoms with Gasteiger partial charge in [0.05, 0.1) is 0 Å². The fraction of sp³-hybridized carbons (Fsp3) is 0.391. The van der Waals surface area contributed by atoms with E-state index in [1.165, 1.54) is 0 Å². The number of carbonyl (C=O) groups is 2. The Labute approximate surface area is 166 Å². The summed E-state index contributed by atoms with van der Waals surface area (Å²) in [7, 11) is 0. The van der Waals surface area contributed by atoms with Gasteiger partial charge in [0, 0.05) is 18.2 Å². The molecule has 1 aliphatic carbocycles. The second-order valence-electron chi connectivity index (χ2n) is 8.45. The van der Waals surface area contributed by atoms with Gasteiger partial charge in [-0.3, -0.25) is 4.79 Å². The van der Waals surface area contributed by atoms with Gasteiger partial charge in [0.15, 0.2) is 0 Å². The largest absolute Gasteiger partial charge is 0.465 e. The number of benzene rings is 2. The smallest absolute Gasteiger partial charge is 0.407 e. The number of hydrogen-bond acceptors (Lipinski definition) is 2. The molecule has 28 heavy (non-hydrogen) atoms. The molecule has 3 rings (SSSR count). The van der Waals surface area contributed by atoms with E-state index < -0.39 is 12.0 Å². The molecule has 1 fully saturated rings. The van der Waals surface area contributed by atoms with Crippen LogP contribution in [-0.4, -0.2) is 28.0 Å². The van der Waals surface area contributed by atoms with Crippen LogP contribution in [0.3, 0.4) is 0 Å². The van der Waals surface area contributed by atoms with Crippen molar-refractivity contribution < 1.29 is 14.7 Å². The fourth-order valence-corrected chi connectivity index (χ4v) is 3.90. The highest BCUT2D eigenvalue weighted by Crippen LogP contribution is 2.37. The Hall–Kier alpha value is -2.82. The lowest BCUT2D eigenvalue weighted by molar-refractivity contribution is 0.0852. The summed E-state index contributed by atoms with van der Waals surface area (Å²) in [4.78, 5) is 24.8. The zero-order chi connectivity index (χ0) is 20.3. The average Bonchev–Trinajstić information content (AvgIpc) is 2.67. The molecule has 148 valence electrons. The van der Waals surface area contributed by atoms with Crippen LogP contribution < -0.4 is 5.73 Å². The third-order valence-electron chi connectivity index (χ3n) is 5.78. The number of primary amides is 1. The predicted molar refractivity (Wildman–Crippen MR) is 110 cm³/mol. The van der Waals surface area contributed by atoms with E-state index in [2.05, 4.69) is 13.8 Å². The third kappa shape index (κ3) is 4.71. The van der Waals surface area contributed by atoms with E-state index in [1.54, 1.807) is 23.1 Å². The summed E-state index contributed by atoms with van der Waals surface area (Å²) in [6.45, 7) is 4.89. The van der Waals surface area contributed by atoms with E-state index in [0.717, 1.165) is 42.4 Å². The van der Waals surface area contributed by atoms with Crippen LogP contribution in [0.1, 0.15) is 55.5 Å². The van der Waals surface area contributed by atoms with Crippen molar-refractivity contribution in [2.45, 2.75) is 52.1 Å². The minimum absolute atomic E-state index is 0.0810. The highest BCUT2D eigenvalue weighted by atomic mass is 16.4. The molecule has 1 aliphatic rings. The molecule has 2 aromatic rings. The standard InChI is InChI=1S/C23H28N2O3/c1-23(2)12-10-20(11-13-23)25(22(27)28)15-16-6-8-17(9-7-16)18-4-3-5-19(14-18)21(24)26/h3-9,14,20H,10-13,15H2,1-2H3,(H2,24,26)(H,27,28). The number of carboxylic acid groups (broad SMARTS) is 1. The lowest BCUT2D eigenvalue weighted by atomic mass is 9.75. The maximum atomic E-state index is 11.8. The SMILES string of the molecule is CC1(C)CCC(N(Cc2ccc(-c3cccc(C(N)=O)c3)cc2)C(=O)O)CC1. The van der Waals surface area contributed by atoms with E-state index in [-0.39, 0.29) is 6.04 Å². The zero-order valence-electron chi connectivity index (χ0n) is 16.5. The minimum atomic E-state index is -0.858. The maximum absolute atomic E-state index is 11.8. The van der Waals surface area contributed by atoms with Crippen LogP contribution in [-0.2, 0) is 6.54 Å². The quantitative estimate of drug-likeness (QED) is 0.774. The highest BCUT2D eigenvalue weighted by Gasteiger charge is 2.32. The van der Waals surface area contributed by atoms with Crippen molar-refractivity contribution in [2.24, 2.45) is 11.1 Å². The summed E-state index contributed by atoms with van der Waals surface area (Å²) < 4.78 is 0. The minimum Gasteiger partial charge on any atom is -0.465 e. The summed E-state index contributed by atoms with van der Waals surface area (Å²) in [5, 5.41) is 9.71. The van der Waals surface area contributed by atoms with Crippen molar-refractivity contribution in [1.29, 1.82) is 0 Å². The van der Waals surface area contributed by atoms with Gasteiger partial charge in [-0.1, -0.05) is 50.2 Å². The second kappa shape index (κ2) is 8.05. The third-order valence-corrected chi connectivity index (χ3v) is 5.78. The molecule has 0 saturated heterocycles. The van der Waals surface area contributed by atoms with Crippen LogP contribution in [0, 0.1) is 5.41 Å². The van der Waals surface area contributed by atoms with Crippen molar-refractivity contribution in [3.63, 3.8) is 0 Å². The van der Waals surface area contributed by atoms with Gasteiger partial charge in [-0.25, -0.2) is 4.79 Å². The monoisotopic (exact) mass is 380 g/mol. The van der Waals surface area contributed by atoms with Crippen LogP contribution in [0.2, 0.25) is 0 Å². The molecule has 0 aliphatic heterocycles. The van der Waals surface area contributed by atoms with Crippen molar-refractivity contribution in [2.75, 3.05) is 0 Å². The second-order valence-corrected chi connectivity index (χ2v) is 8.45. The first-order chi connectivity index (χ1) is 13.2. The number of amides is 2. The molecule has 0 heterocycles. The number of rotatable bonds is 5. The first kappa shape index (κ1) is 19.9. The number of carbonyl (C=O) groups excluding carboxylic acids is 1. The molecular weight excluding hydrogens is 352 g/mol. The molecule has 0 bridgehead atoms. The highest BCUT2D eigenvalue weighted by molar-refractivity contribution is 5.94. The van der Waals surface area contributed by atoms with E-state index >= 15 is 0 Å². The summed E-state index contributed by atoms with van der Waals surface area (Å²) in [5.74, 6) is -0.453. The Morgan fingerprint density at radius 2 is 1.71 bits per heavy atom. The first-order valence-electron chi connectivity index (χ1n) is 9.74. The van der Waals surface area contributed by atoms with Crippen molar-refractivity contribution in [3.8, 4) is 11.1 Å². The molecular formula is C23H28N2O3. The zero-order valence-corrected chi connectivity index (χ0v) is 16.5. The molecule has 0 radical (unpaired) electrons. The van der Waals surface area contributed by atoms with Gasteiger partial charge in [0.2, 0.25) is 5.91 Å². The number of nitrogens with zero attached hydrogens (tertiary/aromatic N) is 1. The van der Waals surface area contributed by atoms with Gasteiger partial charge < -0.3 is 15.7 Å². The lowest BCUT2D eigenvalue weighted by Crippen LogP contribution is -2.42. The van der Waals surface area contributed by atoms with Crippen LogP contribution >= 0.6 is 0 Å². The first-order valence-corrected chi connectivity index (χ1v) is 9.74. The van der Waals surface area contributed by atoms with Gasteiger partial charge in [0.25, 0.3) is 0 Å². The van der Waals surface area contributed by atoms with E-state index in [9.17, 15) is 14.7 Å². The summed E-state index contributed by atoms with van der Waals surface area (Å²) >= 11 is 0. The lowest BCUT2D eigenvalue weighted by Gasteiger charge is -2.39. The Bertz CT molecular complexity index is 848. The van der Waals surface area contributed by atoms with Crippen molar-refractivity contribution in [1.82, 2.24) is 4.90 Å². The van der Waals surface area contributed by atoms with Gasteiger partial charge >= 0.3 is 6.09 Å². The molecule has 2 amide bonds. The molecule has 1 saturated carbocycles. The van der Waals surface area contributed by atoms with Gasteiger partial charge in [-0.15, -0.1) is 0 Å². The van der Waals surface area contributed by atoms with Gasteiger partial charge in [-0.2, -0.15) is 0 Å². The van der Waals surface area contributed by atoms with E-state index in [4.69, 9.17) is 5.73 Å².